The van der Waals surface area contributed by atoms with Gasteiger partial charge in [-0.25, -0.2) is 13.0 Å². The van der Waals surface area contributed by atoms with Gasteiger partial charge in [0.2, 0.25) is 0 Å². The van der Waals surface area contributed by atoms with Gasteiger partial charge in [-0.1, -0.05) is 18.2 Å². The van der Waals surface area contributed by atoms with Gasteiger partial charge in [0.25, 0.3) is 10.0 Å². The summed E-state index contributed by atoms with van der Waals surface area (Å²) in [5.74, 6) is 0. The topological polar surface area (TPSA) is 103 Å². The smallest absolute Gasteiger partial charge is 0.264 e. The quantitative estimate of drug-likeness (QED) is 0.589. The number of fused-ring (bicyclic) bond motifs is 1. The predicted octanol–water partition coefficient (Wildman–Crippen LogP) is 2.27. The summed E-state index contributed by atoms with van der Waals surface area (Å²) in [6, 6.07) is 13.7. The first-order valence-electron chi connectivity index (χ1n) is 7.42. The molecular formula is C16H13N5O3S. The van der Waals surface area contributed by atoms with Gasteiger partial charge in [-0.05, 0) is 46.2 Å². The van der Waals surface area contributed by atoms with Crippen LogP contribution in [0.1, 0.15) is 5.56 Å². The standard InChI is InChI=1S/C16H13N5O3S/c22-25(23,15-7-2-6-14-16(15)19-24-18-14)20-13-5-1-4-12(10-13)11-21-9-3-8-17-21/h1-10,20H,11H2. The zero-order valence-corrected chi connectivity index (χ0v) is 13.7. The van der Waals surface area contributed by atoms with Crippen LogP contribution in [-0.2, 0) is 16.6 Å². The highest BCUT2D eigenvalue weighted by Gasteiger charge is 2.20. The fourth-order valence-corrected chi connectivity index (χ4v) is 3.72. The van der Waals surface area contributed by atoms with Crippen molar-refractivity contribution in [3.63, 3.8) is 0 Å². The van der Waals surface area contributed by atoms with E-state index in [-0.39, 0.29) is 10.4 Å². The molecule has 0 saturated heterocycles. The molecule has 0 aliphatic heterocycles. The molecule has 0 unspecified atom stereocenters. The lowest BCUT2D eigenvalue weighted by Gasteiger charge is -2.10. The van der Waals surface area contributed by atoms with Crippen LogP contribution in [0.25, 0.3) is 11.0 Å². The van der Waals surface area contributed by atoms with Gasteiger partial charge in [0.1, 0.15) is 10.4 Å². The van der Waals surface area contributed by atoms with Crippen molar-refractivity contribution in [3.8, 4) is 0 Å². The number of nitrogens with one attached hydrogen (secondary N) is 1. The minimum absolute atomic E-state index is 0.0173. The Morgan fingerprint density at radius 3 is 2.80 bits per heavy atom. The maximum atomic E-state index is 12.7. The summed E-state index contributed by atoms with van der Waals surface area (Å²) < 4.78 is 34.4. The third kappa shape index (κ3) is 3.09. The van der Waals surface area contributed by atoms with Crippen LogP contribution in [0.4, 0.5) is 5.69 Å². The van der Waals surface area contributed by atoms with Gasteiger partial charge < -0.3 is 0 Å². The van der Waals surface area contributed by atoms with E-state index in [9.17, 15) is 8.42 Å². The SMILES string of the molecule is O=S(=O)(Nc1cccc(Cn2cccn2)c1)c1cccc2nonc12. The Hall–Kier alpha value is -3.20. The van der Waals surface area contributed by atoms with E-state index < -0.39 is 10.0 Å². The lowest BCUT2D eigenvalue weighted by molar-refractivity contribution is 0.315. The van der Waals surface area contributed by atoms with Gasteiger partial charge in [0.15, 0.2) is 5.52 Å². The van der Waals surface area contributed by atoms with Crippen LogP contribution in [-0.4, -0.2) is 28.5 Å². The van der Waals surface area contributed by atoms with Crippen molar-refractivity contribution >= 4 is 26.7 Å². The Labute approximate surface area is 143 Å². The molecule has 4 rings (SSSR count). The molecule has 0 amide bonds. The van der Waals surface area contributed by atoms with E-state index in [1.807, 2.05) is 18.3 Å². The third-order valence-electron chi connectivity index (χ3n) is 3.62. The Kier molecular flexibility index (Phi) is 3.69. The van der Waals surface area contributed by atoms with E-state index in [1.165, 1.54) is 6.07 Å². The van der Waals surface area contributed by atoms with Crippen LogP contribution in [0.3, 0.4) is 0 Å². The highest BCUT2D eigenvalue weighted by Crippen LogP contribution is 2.23. The van der Waals surface area contributed by atoms with Crippen molar-refractivity contribution in [1.29, 1.82) is 0 Å². The highest BCUT2D eigenvalue weighted by molar-refractivity contribution is 7.93. The van der Waals surface area contributed by atoms with E-state index >= 15 is 0 Å². The van der Waals surface area contributed by atoms with Crippen molar-refractivity contribution < 1.29 is 13.0 Å². The number of nitrogens with zero attached hydrogens (tertiary/aromatic N) is 4. The van der Waals surface area contributed by atoms with E-state index in [0.717, 1.165) is 5.56 Å². The first-order valence-corrected chi connectivity index (χ1v) is 8.91. The minimum atomic E-state index is -3.82. The summed E-state index contributed by atoms with van der Waals surface area (Å²) in [4.78, 5) is 0.0173. The monoisotopic (exact) mass is 355 g/mol. The van der Waals surface area contributed by atoms with Crippen LogP contribution in [0.2, 0.25) is 0 Å². The fraction of sp³-hybridized carbons (Fsp3) is 0.0625. The third-order valence-corrected chi connectivity index (χ3v) is 5.03. The Morgan fingerprint density at radius 2 is 1.96 bits per heavy atom. The number of anilines is 1. The molecule has 126 valence electrons. The number of benzene rings is 2. The van der Waals surface area contributed by atoms with Gasteiger partial charge in [-0.3, -0.25) is 9.40 Å². The Balaban J connectivity index is 1.64. The van der Waals surface area contributed by atoms with Crippen LogP contribution in [0.15, 0.2) is 70.4 Å². The molecule has 0 bridgehead atoms. The minimum Gasteiger partial charge on any atom is -0.280 e. The molecular weight excluding hydrogens is 342 g/mol. The molecule has 9 heteroatoms. The molecule has 2 aromatic carbocycles. The number of hydrogen-bond donors (Lipinski definition) is 1. The van der Waals surface area contributed by atoms with Gasteiger partial charge in [-0.2, -0.15) is 5.10 Å². The highest BCUT2D eigenvalue weighted by atomic mass is 32.2. The largest absolute Gasteiger partial charge is 0.280 e. The molecule has 25 heavy (non-hydrogen) atoms. The first kappa shape index (κ1) is 15.3. The molecule has 0 atom stereocenters. The summed E-state index contributed by atoms with van der Waals surface area (Å²) in [6.45, 7) is 0.547. The second kappa shape index (κ2) is 6.02. The van der Waals surface area contributed by atoms with Crippen molar-refractivity contribution in [2.45, 2.75) is 11.4 Å². The maximum absolute atomic E-state index is 12.7. The summed E-state index contributed by atoms with van der Waals surface area (Å²) in [5.41, 5.74) is 1.96. The molecule has 1 N–H and O–H groups in total. The van der Waals surface area contributed by atoms with Crippen LogP contribution in [0, 0.1) is 0 Å². The van der Waals surface area contributed by atoms with Gasteiger partial charge in [0.05, 0.1) is 6.54 Å². The van der Waals surface area contributed by atoms with Crippen molar-refractivity contribution in [1.82, 2.24) is 20.1 Å². The Bertz CT molecular complexity index is 1120. The summed E-state index contributed by atoms with van der Waals surface area (Å²) in [7, 11) is -3.82. The zero-order valence-electron chi connectivity index (χ0n) is 12.9. The van der Waals surface area contributed by atoms with Crippen LogP contribution >= 0.6 is 0 Å². The van der Waals surface area contributed by atoms with Crippen molar-refractivity contribution in [2.75, 3.05) is 4.72 Å². The Morgan fingerprint density at radius 1 is 1.08 bits per heavy atom. The zero-order chi connectivity index (χ0) is 17.3. The summed E-state index contributed by atoms with van der Waals surface area (Å²) in [6.07, 6.45) is 3.54. The lowest BCUT2D eigenvalue weighted by Crippen LogP contribution is -2.13. The number of hydrogen-bond acceptors (Lipinski definition) is 6. The number of aromatic nitrogens is 4. The average molecular weight is 355 g/mol. The van der Waals surface area contributed by atoms with Crippen LogP contribution in [0.5, 0.6) is 0 Å². The maximum Gasteiger partial charge on any atom is 0.264 e. The molecule has 4 aromatic rings. The van der Waals surface area contributed by atoms with Gasteiger partial charge in [0, 0.05) is 18.1 Å². The molecule has 2 aromatic heterocycles. The second-order valence-electron chi connectivity index (χ2n) is 5.40. The number of sulfonamides is 1. The lowest BCUT2D eigenvalue weighted by atomic mass is 10.2. The van der Waals surface area contributed by atoms with E-state index in [0.29, 0.717) is 17.7 Å². The van der Waals surface area contributed by atoms with E-state index in [2.05, 4.69) is 24.8 Å². The van der Waals surface area contributed by atoms with Gasteiger partial charge >= 0.3 is 0 Å². The predicted molar refractivity (Wildman–Crippen MR) is 90.4 cm³/mol. The molecule has 2 heterocycles. The van der Waals surface area contributed by atoms with E-state index in [4.69, 9.17) is 0 Å². The molecule has 0 saturated carbocycles. The summed E-state index contributed by atoms with van der Waals surface area (Å²) >= 11 is 0. The molecule has 0 fully saturated rings. The molecule has 0 radical (unpaired) electrons. The van der Waals surface area contributed by atoms with Crippen molar-refractivity contribution in [3.05, 3.63) is 66.5 Å². The molecule has 8 nitrogen and oxygen atoms in total. The fourth-order valence-electron chi connectivity index (χ4n) is 2.52. The summed E-state index contributed by atoms with van der Waals surface area (Å²) in [5, 5.41) is 11.5. The molecule has 0 aliphatic rings. The van der Waals surface area contributed by atoms with Crippen molar-refractivity contribution in [2.24, 2.45) is 0 Å². The second-order valence-corrected chi connectivity index (χ2v) is 7.05. The van der Waals surface area contributed by atoms with E-state index in [1.54, 1.807) is 41.2 Å². The van der Waals surface area contributed by atoms with Crippen LogP contribution < -0.4 is 4.72 Å². The normalized spacial score (nSPS) is 11.7. The number of rotatable bonds is 5. The first-order chi connectivity index (χ1) is 12.1. The average Bonchev–Trinajstić information content (AvgIpc) is 3.25. The van der Waals surface area contributed by atoms with Gasteiger partial charge in [-0.15, -0.1) is 0 Å². The molecule has 0 aliphatic carbocycles. The molecule has 0 spiro atoms.